The highest BCUT2D eigenvalue weighted by molar-refractivity contribution is 5.98. The molecule has 23 heavy (non-hydrogen) atoms. The average Bonchev–Trinajstić information content (AvgIpc) is 3.00. The number of hydrogen-bond donors (Lipinski definition) is 1. The molecule has 6 heteroatoms. The minimum Gasteiger partial charge on any atom is -0.465 e. The number of anilines is 1. The molecule has 1 fully saturated rings. The molecule has 0 saturated carbocycles. The number of fused-ring (bicyclic) bond motifs is 3. The topological polar surface area (TPSA) is 76.1 Å². The Hall–Kier alpha value is -1.92. The SMILES string of the molecule is CCOC(=O)C(CN1c2ccccc2[C@]2(O)CCO[C@H]12)C(C)=O. The molecule has 0 bridgehead atoms. The molecule has 1 aromatic rings. The second-order valence-electron chi connectivity index (χ2n) is 5.98. The van der Waals surface area contributed by atoms with Gasteiger partial charge < -0.3 is 19.5 Å². The van der Waals surface area contributed by atoms with Gasteiger partial charge in [0.25, 0.3) is 0 Å². The Bertz CT molecular complexity index is 631. The summed E-state index contributed by atoms with van der Waals surface area (Å²) in [7, 11) is 0. The maximum Gasteiger partial charge on any atom is 0.318 e. The zero-order valence-electron chi connectivity index (χ0n) is 13.3. The lowest BCUT2D eigenvalue weighted by Gasteiger charge is -2.30. The number of ketones is 1. The highest BCUT2D eigenvalue weighted by Gasteiger charge is 2.54. The van der Waals surface area contributed by atoms with E-state index in [0.717, 1.165) is 11.3 Å². The van der Waals surface area contributed by atoms with Gasteiger partial charge in [0.2, 0.25) is 0 Å². The summed E-state index contributed by atoms with van der Waals surface area (Å²) in [5.41, 5.74) is 0.496. The largest absolute Gasteiger partial charge is 0.465 e. The van der Waals surface area contributed by atoms with Crippen LogP contribution >= 0.6 is 0 Å². The Morgan fingerprint density at radius 1 is 1.48 bits per heavy atom. The van der Waals surface area contributed by atoms with Crippen LogP contribution < -0.4 is 4.90 Å². The lowest BCUT2D eigenvalue weighted by molar-refractivity contribution is -0.151. The summed E-state index contributed by atoms with van der Waals surface area (Å²) in [5, 5.41) is 11.0. The second kappa shape index (κ2) is 5.94. The van der Waals surface area contributed by atoms with Crippen LogP contribution in [0.15, 0.2) is 24.3 Å². The zero-order chi connectivity index (χ0) is 16.6. The summed E-state index contributed by atoms with van der Waals surface area (Å²) in [4.78, 5) is 25.8. The van der Waals surface area contributed by atoms with E-state index in [0.29, 0.717) is 13.0 Å². The van der Waals surface area contributed by atoms with E-state index in [1.165, 1.54) is 6.92 Å². The molecule has 2 heterocycles. The standard InChI is InChI=1S/C17H21NO5/c1-3-22-15(20)12(11(2)19)10-18-14-7-5-4-6-13(14)17(21)8-9-23-16(17)18/h4-7,12,16,21H,3,8-10H2,1-2H3/t12?,16-,17+/m0/s1. The van der Waals surface area contributed by atoms with Crippen LogP contribution in [-0.4, -0.2) is 42.8 Å². The number of para-hydroxylation sites is 1. The van der Waals surface area contributed by atoms with E-state index in [1.807, 2.05) is 29.2 Å². The van der Waals surface area contributed by atoms with Crippen LogP contribution in [0.5, 0.6) is 0 Å². The molecular weight excluding hydrogens is 298 g/mol. The highest BCUT2D eigenvalue weighted by Crippen LogP contribution is 2.49. The number of hydrogen-bond acceptors (Lipinski definition) is 6. The first-order chi connectivity index (χ1) is 11.0. The van der Waals surface area contributed by atoms with E-state index < -0.39 is 23.7 Å². The Morgan fingerprint density at radius 2 is 2.22 bits per heavy atom. The molecule has 6 nitrogen and oxygen atoms in total. The normalized spacial score (nSPS) is 26.6. The van der Waals surface area contributed by atoms with Gasteiger partial charge in [0.1, 0.15) is 17.3 Å². The van der Waals surface area contributed by atoms with Gasteiger partial charge in [0.15, 0.2) is 6.23 Å². The molecule has 3 atom stereocenters. The van der Waals surface area contributed by atoms with E-state index >= 15 is 0 Å². The molecule has 0 aliphatic carbocycles. The smallest absolute Gasteiger partial charge is 0.318 e. The Labute approximate surface area is 135 Å². The first-order valence-electron chi connectivity index (χ1n) is 7.86. The number of carbonyl (C=O) groups is 2. The number of carbonyl (C=O) groups excluding carboxylic acids is 2. The van der Waals surface area contributed by atoms with Crippen LogP contribution in [0.3, 0.4) is 0 Å². The van der Waals surface area contributed by atoms with E-state index in [-0.39, 0.29) is 18.9 Å². The summed E-state index contributed by atoms with van der Waals surface area (Å²) in [5.74, 6) is -1.69. The number of Topliss-reactive ketones (excluding diaryl/α,β-unsaturated/α-hetero) is 1. The summed E-state index contributed by atoms with van der Waals surface area (Å²) in [6, 6.07) is 7.47. The van der Waals surface area contributed by atoms with Crippen LogP contribution in [0, 0.1) is 5.92 Å². The monoisotopic (exact) mass is 319 g/mol. The first-order valence-corrected chi connectivity index (χ1v) is 7.86. The van der Waals surface area contributed by atoms with E-state index in [9.17, 15) is 14.7 Å². The minimum atomic E-state index is -1.09. The third-order valence-electron chi connectivity index (χ3n) is 4.57. The maximum atomic E-state index is 12.1. The fourth-order valence-corrected chi connectivity index (χ4v) is 3.42. The van der Waals surface area contributed by atoms with Crippen LogP contribution in [0.1, 0.15) is 25.8 Å². The number of rotatable bonds is 5. The van der Waals surface area contributed by atoms with Gasteiger partial charge in [-0.15, -0.1) is 0 Å². The molecule has 1 N–H and O–H groups in total. The van der Waals surface area contributed by atoms with Gasteiger partial charge in [-0.25, -0.2) is 0 Å². The third kappa shape index (κ3) is 2.52. The van der Waals surface area contributed by atoms with Gasteiger partial charge in [-0.2, -0.15) is 0 Å². The fraction of sp³-hybridized carbons (Fsp3) is 0.529. The van der Waals surface area contributed by atoms with Crippen molar-refractivity contribution >= 4 is 17.4 Å². The lowest BCUT2D eigenvalue weighted by atomic mass is 9.93. The maximum absolute atomic E-state index is 12.1. The van der Waals surface area contributed by atoms with Crippen molar-refractivity contribution in [3.63, 3.8) is 0 Å². The molecule has 2 aliphatic heterocycles. The van der Waals surface area contributed by atoms with Gasteiger partial charge in [-0.3, -0.25) is 9.59 Å². The molecule has 1 aromatic carbocycles. The molecule has 0 spiro atoms. The van der Waals surface area contributed by atoms with Crippen molar-refractivity contribution in [2.24, 2.45) is 5.92 Å². The number of esters is 1. The van der Waals surface area contributed by atoms with Crippen LogP contribution in [0.2, 0.25) is 0 Å². The van der Waals surface area contributed by atoms with Crippen molar-refractivity contribution in [3.8, 4) is 0 Å². The highest BCUT2D eigenvalue weighted by atomic mass is 16.5. The lowest BCUT2D eigenvalue weighted by Crippen LogP contribution is -2.46. The molecule has 1 unspecified atom stereocenters. The number of ether oxygens (including phenoxy) is 2. The summed E-state index contributed by atoms with van der Waals surface area (Å²) < 4.78 is 10.7. The van der Waals surface area contributed by atoms with Crippen molar-refractivity contribution in [1.29, 1.82) is 0 Å². The number of nitrogens with zero attached hydrogens (tertiary/aromatic N) is 1. The number of aliphatic hydroxyl groups is 1. The van der Waals surface area contributed by atoms with Gasteiger partial charge in [-0.1, -0.05) is 18.2 Å². The van der Waals surface area contributed by atoms with E-state index in [1.54, 1.807) is 6.92 Å². The molecule has 0 radical (unpaired) electrons. The molecule has 2 aliphatic rings. The average molecular weight is 319 g/mol. The molecular formula is C17H21NO5. The van der Waals surface area contributed by atoms with Crippen molar-refractivity contribution in [1.82, 2.24) is 0 Å². The molecule has 1 saturated heterocycles. The molecule has 0 amide bonds. The fourth-order valence-electron chi connectivity index (χ4n) is 3.42. The van der Waals surface area contributed by atoms with Gasteiger partial charge >= 0.3 is 5.97 Å². The summed E-state index contributed by atoms with van der Waals surface area (Å²) in [6.45, 7) is 3.89. The Morgan fingerprint density at radius 3 is 2.91 bits per heavy atom. The summed E-state index contributed by atoms with van der Waals surface area (Å²) >= 11 is 0. The minimum absolute atomic E-state index is 0.137. The predicted octanol–water partition coefficient (Wildman–Crippen LogP) is 1.21. The zero-order valence-corrected chi connectivity index (χ0v) is 13.3. The van der Waals surface area contributed by atoms with Gasteiger partial charge in [0.05, 0.1) is 13.2 Å². The summed E-state index contributed by atoms with van der Waals surface area (Å²) in [6.07, 6.45) is -0.0776. The van der Waals surface area contributed by atoms with Crippen LogP contribution in [0.25, 0.3) is 0 Å². The Balaban J connectivity index is 1.93. The van der Waals surface area contributed by atoms with E-state index in [2.05, 4.69) is 0 Å². The van der Waals surface area contributed by atoms with Crippen molar-refractivity contribution in [2.45, 2.75) is 32.1 Å². The molecule has 124 valence electrons. The van der Waals surface area contributed by atoms with Crippen molar-refractivity contribution in [3.05, 3.63) is 29.8 Å². The Kier molecular flexibility index (Phi) is 4.12. The van der Waals surface area contributed by atoms with Gasteiger partial charge in [-0.05, 0) is 19.9 Å². The van der Waals surface area contributed by atoms with E-state index in [4.69, 9.17) is 9.47 Å². The quantitative estimate of drug-likeness (QED) is 0.649. The molecule has 0 aromatic heterocycles. The third-order valence-corrected chi connectivity index (χ3v) is 4.57. The second-order valence-corrected chi connectivity index (χ2v) is 5.98. The van der Waals surface area contributed by atoms with Gasteiger partial charge in [0, 0.05) is 24.2 Å². The predicted molar refractivity (Wildman–Crippen MR) is 82.8 cm³/mol. The first kappa shape index (κ1) is 16.0. The van der Waals surface area contributed by atoms with Crippen LogP contribution in [-0.2, 0) is 24.7 Å². The molecule has 3 rings (SSSR count). The van der Waals surface area contributed by atoms with Crippen molar-refractivity contribution in [2.75, 3.05) is 24.7 Å². The van der Waals surface area contributed by atoms with Crippen LogP contribution in [0.4, 0.5) is 5.69 Å². The van der Waals surface area contributed by atoms with Crippen molar-refractivity contribution < 1.29 is 24.2 Å². The number of benzene rings is 1.